The van der Waals surface area contributed by atoms with E-state index >= 15 is 0 Å². The molecule has 1 aromatic heterocycles. The number of carbonyl (C=O) groups is 2. The van der Waals surface area contributed by atoms with Crippen LogP contribution < -0.4 is 10.6 Å². The lowest BCUT2D eigenvalue weighted by molar-refractivity contribution is 0.0940. The maximum absolute atomic E-state index is 14.5. The molecule has 160 valence electrons. The zero-order valence-electron chi connectivity index (χ0n) is 17.3. The standard InChI is InChI=1S/C25H21FN4O2/c1-30-16-15-27-23(30)22(20-9-5-6-10-21(20)26)29-25(32)18-11-13-19(14-12-18)28-24(31)17-7-3-2-4-8-17/h2-16,22H,1H3,(H,28,31)(H,29,32)/t22-/m0/s1. The number of nitrogens with one attached hydrogen (secondary N) is 2. The molecule has 0 saturated carbocycles. The Morgan fingerprint density at radius 3 is 2.19 bits per heavy atom. The normalized spacial score (nSPS) is 11.6. The molecule has 1 atom stereocenters. The first-order valence-electron chi connectivity index (χ1n) is 10.0. The van der Waals surface area contributed by atoms with E-state index in [0.717, 1.165) is 0 Å². The molecule has 0 aliphatic heterocycles. The molecular formula is C25H21FN4O2. The molecule has 2 N–H and O–H groups in total. The predicted molar refractivity (Wildman–Crippen MR) is 120 cm³/mol. The molecule has 0 bridgehead atoms. The quantitative estimate of drug-likeness (QED) is 0.480. The monoisotopic (exact) mass is 428 g/mol. The zero-order chi connectivity index (χ0) is 22.5. The van der Waals surface area contributed by atoms with Crippen LogP contribution >= 0.6 is 0 Å². The van der Waals surface area contributed by atoms with Crippen LogP contribution in [0.25, 0.3) is 0 Å². The second-order valence-electron chi connectivity index (χ2n) is 7.22. The van der Waals surface area contributed by atoms with Crippen molar-refractivity contribution in [1.82, 2.24) is 14.9 Å². The van der Waals surface area contributed by atoms with E-state index in [4.69, 9.17) is 0 Å². The van der Waals surface area contributed by atoms with E-state index in [9.17, 15) is 14.0 Å². The first kappa shape index (κ1) is 21.0. The van der Waals surface area contributed by atoms with Gasteiger partial charge in [0.15, 0.2) is 0 Å². The summed E-state index contributed by atoms with van der Waals surface area (Å²) < 4.78 is 16.2. The molecule has 32 heavy (non-hydrogen) atoms. The van der Waals surface area contributed by atoms with Gasteiger partial charge >= 0.3 is 0 Å². The van der Waals surface area contributed by atoms with Crippen LogP contribution in [0.15, 0.2) is 91.3 Å². The third kappa shape index (κ3) is 4.57. The van der Waals surface area contributed by atoms with E-state index in [1.165, 1.54) is 6.07 Å². The second-order valence-corrected chi connectivity index (χ2v) is 7.22. The van der Waals surface area contributed by atoms with Gasteiger partial charge in [-0.25, -0.2) is 9.37 Å². The summed E-state index contributed by atoms with van der Waals surface area (Å²) >= 11 is 0. The molecule has 0 fully saturated rings. The number of amides is 2. The average molecular weight is 428 g/mol. The highest BCUT2D eigenvalue weighted by atomic mass is 19.1. The number of hydrogen-bond donors (Lipinski definition) is 2. The molecular weight excluding hydrogens is 407 g/mol. The molecule has 0 unspecified atom stereocenters. The molecule has 0 radical (unpaired) electrons. The van der Waals surface area contributed by atoms with Gasteiger partial charge in [0.2, 0.25) is 0 Å². The number of aryl methyl sites for hydroxylation is 1. The highest BCUT2D eigenvalue weighted by Gasteiger charge is 2.24. The summed E-state index contributed by atoms with van der Waals surface area (Å²) in [6.45, 7) is 0. The van der Waals surface area contributed by atoms with Crippen molar-refractivity contribution in [2.45, 2.75) is 6.04 Å². The number of aromatic nitrogens is 2. The van der Waals surface area contributed by atoms with Crippen molar-refractivity contribution in [1.29, 1.82) is 0 Å². The lowest BCUT2D eigenvalue weighted by atomic mass is 10.0. The Balaban J connectivity index is 1.52. The molecule has 4 rings (SSSR count). The molecule has 6 nitrogen and oxygen atoms in total. The molecule has 3 aromatic carbocycles. The van der Waals surface area contributed by atoms with E-state index in [1.54, 1.807) is 90.7 Å². The van der Waals surface area contributed by atoms with Crippen LogP contribution in [0.2, 0.25) is 0 Å². The Bertz CT molecular complexity index is 1240. The maximum Gasteiger partial charge on any atom is 0.255 e. The number of halogens is 1. The molecule has 0 saturated heterocycles. The number of hydrogen-bond acceptors (Lipinski definition) is 3. The second kappa shape index (κ2) is 9.26. The summed E-state index contributed by atoms with van der Waals surface area (Å²) in [5.74, 6) is -0.547. The summed E-state index contributed by atoms with van der Waals surface area (Å²) in [5, 5.41) is 5.66. The number of anilines is 1. The summed E-state index contributed by atoms with van der Waals surface area (Å²) in [4.78, 5) is 29.5. The van der Waals surface area contributed by atoms with Crippen molar-refractivity contribution in [3.63, 3.8) is 0 Å². The van der Waals surface area contributed by atoms with Gasteiger partial charge in [0.05, 0.1) is 0 Å². The van der Waals surface area contributed by atoms with Crippen molar-refractivity contribution in [3.8, 4) is 0 Å². The Morgan fingerprint density at radius 1 is 0.875 bits per heavy atom. The first-order chi connectivity index (χ1) is 15.5. The highest BCUT2D eigenvalue weighted by molar-refractivity contribution is 6.04. The largest absolute Gasteiger partial charge is 0.338 e. The van der Waals surface area contributed by atoms with Crippen molar-refractivity contribution >= 4 is 17.5 Å². The lowest BCUT2D eigenvalue weighted by Gasteiger charge is -2.20. The van der Waals surface area contributed by atoms with Gasteiger partial charge in [0, 0.05) is 41.8 Å². The van der Waals surface area contributed by atoms with Gasteiger partial charge in [-0.3, -0.25) is 9.59 Å². The number of imidazole rings is 1. The van der Waals surface area contributed by atoms with Gasteiger partial charge in [0.1, 0.15) is 17.7 Å². The minimum Gasteiger partial charge on any atom is -0.338 e. The summed E-state index contributed by atoms with van der Waals surface area (Å²) in [5.41, 5.74) is 1.79. The van der Waals surface area contributed by atoms with Crippen LogP contribution in [0, 0.1) is 5.82 Å². The molecule has 2 amide bonds. The molecule has 0 aliphatic rings. The number of rotatable bonds is 6. The maximum atomic E-state index is 14.5. The topological polar surface area (TPSA) is 76.0 Å². The smallest absolute Gasteiger partial charge is 0.255 e. The molecule has 0 spiro atoms. The van der Waals surface area contributed by atoms with Crippen LogP contribution in [0.4, 0.5) is 10.1 Å². The van der Waals surface area contributed by atoms with Crippen molar-refractivity contribution in [3.05, 3.63) is 120 Å². The van der Waals surface area contributed by atoms with E-state index in [2.05, 4.69) is 15.6 Å². The minimum atomic E-state index is -0.763. The van der Waals surface area contributed by atoms with Crippen molar-refractivity contribution < 1.29 is 14.0 Å². The summed E-state index contributed by atoms with van der Waals surface area (Å²) in [6, 6.07) is 20.9. The van der Waals surface area contributed by atoms with Gasteiger partial charge in [-0.05, 0) is 42.5 Å². The van der Waals surface area contributed by atoms with Crippen LogP contribution in [0.5, 0.6) is 0 Å². The number of nitrogens with zero attached hydrogens (tertiary/aromatic N) is 2. The Kier molecular flexibility index (Phi) is 6.07. The van der Waals surface area contributed by atoms with E-state index in [1.807, 2.05) is 6.07 Å². The molecule has 7 heteroatoms. The van der Waals surface area contributed by atoms with Crippen molar-refractivity contribution in [2.24, 2.45) is 7.05 Å². The van der Waals surface area contributed by atoms with Crippen LogP contribution in [-0.4, -0.2) is 21.4 Å². The van der Waals surface area contributed by atoms with E-state index < -0.39 is 11.9 Å². The third-order valence-corrected chi connectivity index (χ3v) is 5.05. The fraction of sp³-hybridized carbons (Fsp3) is 0.0800. The SMILES string of the molecule is Cn1ccnc1[C@@H](NC(=O)c1ccc(NC(=O)c2ccccc2)cc1)c1ccccc1F. The van der Waals surface area contributed by atoms with Crippen LogP contribution in [0.1, 0.15) is 38.1 Å². The zero-order valence-corrected chi connectivity index (χ0v) is 17.3. The number of benzene rings is 3. The van der Waals surface area contributed by atoms with Crippen molar-refractivity contribution in [2.75, 3.05) is 5.32 Å². The molecule has 1 heterocycles. The Labute approximate surface area is 184 Å². The highest BCUT2D eigenvalue weighted by Crippen LogP contribution is 2.24. The summed E-state index contributed by atoms with van der Waals surface area (Å²) in [7, 11) is 1.78. The Hall–Kier alpha value is -4.26. The van der Waals surface area contributed by atoms with Gasteiger partial charge < -0.3 is 15.2 Å². The molecule has 0 aliphatic carbocycles. The van der Waals surface area contributed by atoms with Gasteiger partial charge in [-0.2, -0.15) is 0 Å². The van der Waals surface area contributed by atoms with Crippen LogP contribution in [-0.2, 0) is 7.05 Å². The third-order valence-electron chi connectivity index (χ3n) is 5.05. The predicted octanol–water partition coefficient (Wildman–Crippen LogP) is 4.33. The van der Waals surface area contributed by atoms with Gasteiger partial charge in [0.25, 0.3) is 11.8 Å². The van der Waals surface area contributed by atoms with Gasteiger partial charge in [-0.15, -0.1) is 0 Å². The van der Waals surface area contributed by atoms with E-state index in [0.29, 0.717) is 28.2 Å². The molecule has 4 aromatic rings. The lowest BCUT2D eigenvalue weighted by Crippen LogP contribution is -2.31. The fourth-order valence-electron chi connectivity index (χ4n) is 3.36. The fourth-order valence-corrected chi connectivity index (χ4v) is 3.36. The average Bonchev–Trinajstić information content (AvgIpc) is 3.24. The number of carbonyl (C=O) groups excluding carboxylic acids is 2. The van der Waals surface area contributed by atoms with Crippen LogP contribution in [0.3, 0.4) is 0 Å². The first-order valence-corrected chi connectivity index (χ1v) is 10.0. The Morgan fingerprint density at radius 2 is 1.53 bits per heavy atom. The van der Waals surface area contributed by atoms with E-state index in [-0.39, 0.29) is 11.8 Å². The van der Waals surface area contributed by atoms with Gasteiger partial charge in [-0.1, -0.05) is 36.4 Å². The summed E-state index contributed by atoms with van der Waals surface area (Å²) in [6.07, 6.45) is 3.33. The minimum absolute atomic E-state index is 0.239.